The number of hydrogen-bond acceptors (Lipinski definition) is 2. The molecule has 120 valence electrons. The highest BCUT2D eigenvalue weighted by Crippen LogP contribution is 2.23. The molecule has 0 unspecified atom stereocenters. The van der Waals surface area contributed by atoms with Gasteiger partial charge in [-0.2, -0.15) is 0 Å². The van der Waals surface area contributed by atoms with Crippen molar-refractivity contribution in [3.05, 3.63) is 34.9 Å². The molecule has 0 saturated heterocycles. The van der Waals surface area contributed by atoms with Crippen molar-refractivity contribution in [1.29, 1.82) is 0 Å². The first-order chi connectivity index (χ1) is 10.5. The molecular formula is C19H27NO2. The van der Waals surface area contributed by atoms with Crippen molar-refractivity contribution in [2.75, 3.05) is 0 Å². The van der Waals surface area contributed by atoms with E-state index in [1.165, 1.54) is 24.8 Å². The van der Waals surface area contributed by atoms with Crippen molar-refractivity contribution in [3.8, 4) is 0 Å². The van der Waals surface area contributed by atoms with Gasteiger partial charge in [0.2, 0.25) is 5.91 Å². The fraction of sp³-hybridized carbons (Fsp3) is 0.579. The second-order valence-electron chi connectivity index (χ2n) is 6.66. The topological polar surface area (TPSA) is 46.2 Å². The van der Waals surface area contributed by atoms with Gasteiger partial charge < -0.3 is 5.32 Å². The molecule has 3 heteroatoms. The summed E-state index contributed by atoms with van der Waals surface area (Å²) in [5.74, 6) is 0.610. The Morgan fingerprint density at radius 2 is 1.82 bits per heavy atom. The first-order valence-corrected chi connectivity index (χ1v) is 8.37. The number of ketones is 1. The zero-order valence-corrected chi connectivity index (χ0v) is 13.9. The molecule has 2 rings (SSSR count). The minimum Gasteiger partial charge on any atom is -0.353 e. The summed E-state index contributed by atoms with van der Waals surface area (Å²) in [6.07, 6.45) is 5.28. The maximum Gasteiger partial charge on any atom is 0.220 e. The van der Waals surface area contributed by atoms with Crippen LogP contribution < -0.4 is 5.32 Å². The quantitative estimate of drug-likeness (QED) is 0.837. The van der Waals surface area contributed by atoms with Gasteiger partial charge in [0, 0.05) is 24.4 Å². The molecule has 1 aliphatic carbocycles. The van der Waals surface area contributed by atoms with Crippen LogP contribution >= 0.6 is 0 Å². The highest BCUT2D eigenvalue weighted by molar-refractivity contribution is 5.98. The number of hydrogen-bond donors (Lipinski definition) is 1. The fourth-order valence-corrected chi connectivity index (χ4v) is 3.10. The molecule has 1 aromatic rings. The van der Waals surface area contributed by atoms with Gasteiger partial charge >= 0.3 is 0 Å². The third-order valence-electron chi connectivity index (χ3n) is 4.87. The molecule has 1 N–H and O–H groups in total. The van der Waals surface area contributed by atoms with Gasteiger partial charge in [-0.15, -0.1) is 0 Å². The summed E-state index contributed by atoms with van der Waals surface area (Å²) in [4.78, 5) is 24.2. The number of carbonyl (C=O) groups is 2. The average molecular weight is 301 g/mol. The first-order valence-electron chi connectivity index (χ1n) is 8.37. The van der Waals surface area contributed by atoms with Crippen LogP contribution in [0.4, 0.5) is 0 Å². The molecule has 1 aliphatic rings. The van der Waals surface area contributed by atoms with Gasteiger partial charge in [-0.25, -0.2) is 0 Å². The fourth-order valence-electron chi connectivity index (χ4n) is 3.10. The predicted molar refractivity (Wildman–Crippen MR) is 89.0 cm³/mol. The first kappa shape index (κ1) is 16.7. The van der Waals surface area contributed by atoms with Crippen LogP contribution in [-0.4, -0.2) is 17.7 Å². The number of aryl methyl sites for hydroxylation is 2. The summed E-state index contributed by atoms with van der Waals surface area (Å²) in [6, 6.07) is 6.02. The van der Waals surface area contributed by atoms with Crippen LogP contribution in [-0.2, 0) is 4.79 Å². The highest BCUT2D eigenvalue weighted by atomic mass is 16.2. The van der Waals surface area contributed by atoms with Crippen molar-refractivity contribution in [1.82, 2.24) is 5.32 Å². The molecule has 1 aromatic carbocycles. The normalized spacial score (nSPS) is 21.4. The Bertz CT molecular complexity index is 550. The molecule has 0 aliphatic heterocycles. The zero-order chi connectivity index (χ0) is 16.1. The summed E-state index contributed by atoms with van der Waals surface area (Å²) < 4.78 is 0. The third-order valence-corrected chi connectivity index (χ3v) is 4.87. The molecule has 1 fully saturated rings. The van der Waals surface area contributed by atoms with Crippen LogP contribution in [0.5, 0.6) is 0 Å². The highest BCUT2D eigenvalue weighted by Gasteiger charge is 2.22. The standard InChI is InChI=1S/C19H27NO2/c1-13-8-9-16(12-15(13)3)18(21)10-11-19(22)20-17-7-5-4-6-14(17)2/h8-9,12,14,17H,4-7,10-11H2,1-3H3,(H,20,22)/t14-,17+/m0/s1. The molecule has 1 amide bonds. The Labute approximate surface area is 133 Å². The van der Waals surface area contributed by atoms with E-state index in [9.17, 15) is 9.59 Å². The molecular weight excluding hydrogens is 274 g/mol. The number of Topliss-reactive ketones (excluding diaryl/α,β-unsaturated/α-hetero) is 1. The van der Waals surface area contributed by atoms with Crippen LogP contribution in [0.1, 0.15) is 66.9 Å². The van der Waals surface area contributed by atoms with Gasteiger partial charge in [-0.1, -0.05) is 31.9 Å². The van der Waals surface area contributed by atoms with Gasteiger partial charge in [0.1, 0.15) is 0 Å². The maximum atomic E-state index is 12.2. The van der Waals surface area contributed by atoms with E-state index >= 15 is 0 Å². The molecule has 0 radical (unpaired) electrons. The molecule has 22 heavy (non-hydrogen) atoms. The van der Waals surface area contributed by atoms with E-state index in [4.69, 9.17) is 0 Å². The Kier molecular flexibility index (Phi) is 5.76. The average Bonchev–Trinajstić information content (AvgIpc) is 2.50. The molecule has 0 aromatic heterocycles. The maximum absolute atomic E-state index is 12.2. The second-order valence-corrected chi connectivity index (χ2v) is 6.66. The summed E-state index contributed by atoms with van der Waals surface area (Å²) in [5.41, 5.74) is 3.01. The predicted octanol–water partition coefficient (Wildman–Crippen LogP) is 3.96. The van der Waals surface area contributed by atoms with Gasteiger partial charge in [0.05, 0.1) is 0 Å². The number of carbonyl (C=O) groups excluding carboxylic acids is 2. The smallest absolute Gasteiger partial charge is 0.220 e. The van der Waals surface area contributed by atoms with Crippen LogP contribution in [0.3, 0.4) is 0 Å². The number of benzene rings is 1. The monoisotopic (exact) mass is 301 g/mol. The number of rotatable bonds is 5. The third kappa shape index (κ3) is 4.43. The Morgan fingerprint density at radius 1 is 1.09 bits per heavy atom. The van der Waals surface area contributed by atoms with Crippen LogP contribution in [0.25, 0.3) is 0 Å². The van der Waals surface area contributed by atoms with E-state index in [0.717, 1.165) is 12.0 Å². The Hall–Kier alpha value is -1.64. The van der Waals surface area contributed by atoms with Crippen LogP contribution in [0.15, 0.2) is 18.2 Å². The molecule has 3 nitrogen and oxygen atoms in total. The number of amides is 1. The molecule has 1 saturated carbocycles. The minimum absolute atomic E-state index is 0.0101. The molecule has 2 atom stereocenters. The van der Waals surface area contributed by atoms with Crippen LogP contribution in [0, 0.1) is 19.8 Å². The van der Waals surface area contributed by atoms with E-state index in [1.54, 1.807) is 0 Å². The largest absolute Gasteiger partial charge is 0.353 e. The van der Waals surface area contributed by atoms with Gasteiger partial charge in [-0.3, -0.25) is 9.59 Å². The zero-order valence-electron chi connectivity index (χ0n) is 13.9. The Morgan fingerprint density at radius 3 is 2.50 bits per heavy atom. The van der Waals surface area contributed by atoms with Crippen molar-refractivity contribution >= 4 is 11.7 Å². The van der Waals surface area contributed by atoms with Crippen molar-refractivity contribution in [2.24, 2.45) is 5.92 Å². The lowest BCUT2D eigenvalue weighted by Gasteiger charge is -2.29. The van der Waals surface area contributed by atoms with Gasteiger partial charge in [0.15, 0.2) is 5.78 Å². The van der Waals surface area contributed by atoms with E-state index in [2.05, 4.69) is 12.2 Å². The second kappa shape index (κ2) is 7.57. The summed E-state index contributed by atoms with van der Waals surface area (Å²) in [7, 11) is 0. The summed E-state index contributed by atoms with van der Waals surface area (Å²) in [6.45, 7) is 6.23. The lowest BCUT2D eigenvalue weighted by atomic mass is 9.86. The molecule has 0 heterocycles. The number of nitrogens with one attached hydrogen (secondary N) is 1. The summed E-state index contributed by atoms with van der Waals surface area (Å²) >= 11 is 0. The SMILES string of the molecule is Cc1ccc(C(=O)CCC(=O)N[C@@H]2CCCC[C@@H]2C)cc1C. The van der Waals surface area contributed by atoms with E-state index in [-0.39, 0.29) is 30.6 Å². The lowest BCUT2D eigenvalue weighted by Crippen LogP contribution is -2.41. The molecule has 0 bridgehead atoms. The lowest BCUT2D eigenvalue weighted by molar-refractivity contribution is -0.122. The van der Waals surface area contributed by atoms with Crippen molar-refractivity contribution < 1.29 is 9.59 Å². The van der Waals surface area contributed by atoms with Gasteiger partial charge in [0.25, 0.3) is 0 Å². The summed E-state index contributed by atoms with van der Waals surface area (Å²) in [5, 5.41) is 3.10. The van der Waals surface area contributed by atoms with Gasteiger partial charge in [-0.05, 0) is 49.8 Å². The minimum atomic E-state index is 0.0101. The van der Waals surface area contributed by atoms with Crippen molar-refractivity contribution in [2.45, 2.75) is 65.3 Å². The van der Waals surface area contributed by atoms with Crippen LogP contribution in [0.2, 0.25) is 0 Å². The van der Waals surface area contributed by atoms with Crippen molar-refractivity contribution in [3.63, 3.8) is 0 Å². The van der Waals surface area contributed by atoms with E-state index < -0.39 is 0 Å². The Balaban J connectivity index is 1.82. The molecule has 0 spiro atoms. The van der Waals surface area contributed by atoms with E-state index in [1.807, 2.05) is 32.0 Å². The van der Waals surface area contributed by atoms with E-state index in [0.29, 0.717) is 11.5 Å².